The molecule has 1 aromatic carbocycles. The third-order valence-corrected chi connectivity index (χ3v) is 5.69. The number of halogens is 2. The van der Waals surface area contributed by atoms with E-state index in [0.717, 1.165) is 24.7 Å². The predicted molar refractivity (Wildman–Crippen MR) is 86.0 cm³/mol. The van der Waals surface area contributed by atoms with Crippen molar-refractivity contribution in [3.8, 4) is 5.75 Å². The molecule has 4 unspecified atom stereocenters. The van der Waals surface area contributed by atoms with Gasteiger partial charge in [-0.25, -0.2) is 4.39 Å². The fourth-order valence-corrected chi connectivity index (χ4v) is 4.42. The van der Waals surface area contributed by atoms with Crippen LogP contribution in [0.25, 0.3) is 0 Å². The molecule has 5 heteroatoms. The van der Waals surface area contributed by atoms with Crippen LogP contribution in [0.5, 0.6) is 5.75 Å². The van der Waals surface area contributed by atoms with Crippen molar-refractivity contribution in [3.63, 3.8) is 0 Å². The van der Waals surface area contributed by atoms with E-state index in [1.165, 1.54) is 18.6 Å². The summed E-state index contributed by atoms with van der Waals surface area (Å²) in [5, 5.41) is 0. The van der Waals surface area contributed by atoms with Gasteiger partial charge >= 0.3 is 0 Å². The number of benzene rings is 1. The third kappa shape index (κ3) is 2.61. The molecule has 2 aliphatic rings. The second-order valence-corrected chi connectivity index (χ2v) is 6.85. The number of hydrogen-bond donors (Lipinski definition) is 0. The first-order valence-corrected chi connectivity index (χ1v) is 8.47. The summed E-state index contributed by atoms with van der Waals surface area (Å²) in [4.78, 5) is 2.41. The van der Waals surface area contributed by atoms with Crippen LogP contribution in [0.4, 0.5) is 8.78 Å². The number of hydrogen-bond acceptors (Lipinski definition) is 3. The van der Waals surface area contributed by atoms with Crippen LogP contribution in [-0.4, -0.2) is 30.6 Å². The highest BCUT2D eigenvalue weighted by molar-refractivity contribution is 5.25. The lowest BCUT2D eigenvalue weighted by molar-refractivity contribution is 0.0583. The van der Waals surface area contributed by atoms with E-state index in [0.29, 0.717) is 18.7 Å². The maximum absolute atomic E-state index is 13.9. The van der Waals surface area contributed by atoms with Crippen molar-refractivity contribution in [3.05, 3.63) is 54.0 Å². The quantitative estimate of drug-likeness (QED) is 0.838. The Labute approximate surface area is 140 Å². The van der Waals surface area contributed by atoms with Gasteiger partial charge in [-0.1, -0.05) is 6.07 Å². The normalized spacial score (nSPS) is 29.8. The van der Waals surface area contributed by atoms with Crippen molar-refractivity contribution in [2.75, 3.05) is 13.7 Å². The van der Waals surface area contributed by atoms with E-state index >= 15 is 0 Å². The second kappa shape index (κ2) is 6.20. The van der Waals surface area contributed by atoms with Crippen LogP contribution < -0.4 is 4.74 Å². The van der Waals surface area contributed by atoms with Gasteiger partial charge < -0.3 is 14.1 Å². The first-order valence-electron chi connectivity index (χ1n) is 8.47. The molecule has 2 aromatic rings. The maximum atomic E-state index is 13.9. The van der Waals surface area contributed by atoms with Gasteiger partial charge in [-0.15, -0.1) is 0 Å². The first kappa shape index (κ1) is 15.6. The number of piperidine rings is 1. The van der Waals surface area contributed by atoms with Gasteiger partial charge in [-0.2, -0.15) is 4.39 Å². The molecule has 24 heavy (non-hydrogen) atoms. The minimum absolute atomic E-state index is 0.0176. The van der Waals surface area contributed by atoms with Gasteiger partial charge in [-0.3, -0.25) is 0 Å². The van der Waals surface area contributed by atoms with Crippen molar-refractivity contribution < 1.29 is 17.9 Å². The van der Waals surface area contributed by atoms with E-state index < -0.39 is 11.6 Å². The molecule has 0 saturated carbocycles. The lowest BCUT2D eigenvalue weighted by atomic mass is 9.79. The van der Waals surface area contributed by atoms with Gasteiger partial charge in [0.05, 0.1) is 12.9 Å². The summed E-state index contributed by atoms with van der Waals surface area (Å²) in [6.07, 6.45) is 4.99. The smallest absolute Gasteiger partial charge is 0.200 e. The van der Waals surface area contributed by atoms with E-state index in [1.54, 1.807) is 6.26 Å². The summed E-state index contributed by atoms with van der Waals surface area (Å²) in [5.74, 6) is -0.394. The Bertz CT molecular complexity index is 703. The molecular weight excluding hydrogens is 312 g/mol. The largest absolute Gasteiger partial charge is 0.490 e. The summed E-state index contributed by atoms with van der Waals surface area (Å²) in [6, 6.07) is 8.90. The molecule has 0 spiro atoms. The summed E-state index contributed by atoms with van der Waals surface area (Å²) in [6.45, 7) is 0.355. The Balaban J connectivity index is 1.57. The predicted octanol–water partition coefficient (Wildman–Crippen LogP) is 4.20. The highest BCUT2D eigenvalue weighted by Crippen LogP contribution is 2.46. The van der Waals surface area contributed by atoms with Crippen molar-refractivity contribution in [2.45, 2.75) is 37.3 Å². The van der Waals surface area contributed by atoms with E-state index in [2.05, 4.69) is 11.9 Å². The standard InChI is InChI=1S/C19H21F2NO2/c1-22-12-7-8-16(22)14(13(10-12)17-6-3-9-23-17)11-24-18-5-2-4-15(20)19(18)21/h2-6,9,12-14,16H,7-8,10-11H2,1H3. The summed E-state index contributed by atoms with van der Waals surface area (Å²) < 4.78 is 38.6. The van der Waals surface area contributed by atoms with E-state index in [1.807, 2.05) is 12.1 Å². The Morgan fingerprint density at radius 3 is 2.88 bits per heavy atom. The average Bonchev–Trinajstić information content (AvgIpc) is 3.17. The lowest BCUT2D eigenvalue weighted by Gasteiger charge is -2.42. The van der Waals surface area contributed by atoms with Crippen molar-refractivity contribution in [2.24, 2.45) is 5.92 Å². The number of fused-ring (bicyclic) bond motifs is 2. The molecular formula is C19H21F2NO2. The van der Waals surface area contributed by atoms with Crippen LogP contribution in [0, 0.1) is 17.6 Å². The Hall–Kier alpha value is -1.88. The zero-order chi connectivity index (χ0) is 16.7. The van der Waals surface area contributed by atoms with E-state index in [4.69, 9.17) is 9.15 Å². The molecule has 3 nitrogen and oxygen atoms in total. The minimum Gasteiger partial charge on any atom is -0.490 e. The third-order valence-electron chi connectivity index (χ3n) is 5.69. The van der Waals surface area contributed by atoms with Gasteiger partial charge in [0.1, 0.15) is 5.76 Å². The monoisotopic (exact) mass is 333 g/mol. The summed E-state index contributed by atoms with van der Waals surface area (Å²) in [7, 11) is 2.15. The maximum Gasteiger partial charge on any atom is 0.200 e. The molecule has 2 fully saturated rings. The lowest BCUT2D eigenvalue weighted by Crippen LogP contribution is -2.47. The van der Waals surface area contributed by atoms with Crippen LogP contribution in [0.3, 0.4) is 0 Å². The highest BCUT2D eigenvalue weighted by atomic mass is 19.2. The number of furan rings is 1. The van der Waals surface area contributed by atoms with Crippen LogP contribution in [0.15, 0.2) is 41.0 Å². The fraction of sp³-hybridized carbons (Fsp3) is 0.474. The van der Waals surface area contributed by atoms with Crippen LogP contribution in [0.2, 0.25) is 0 Å². The number of nitrogens with zero attached hydrogens (tertiary/aromatic N) is 1. The second-order valence-electron chi connectivity index (χ2n) is 6.85. The minimum atomic E-state index is -0.916. The summed E-state index contributed by atoms with van der Waals surface area (Å²) in [5.41, 5.74) is 0. The van der Waals surface area contributed by atoms with Crippen molar-refractivity contribution >= 4 is 0 Å². The van der Waals surface area contributed by atoms with Gasteiger partial charge in [0.25, 0.3) is 0 Å². The molecule has 4 rings (SSSR count). The molecule has 4 atom stereocenters. The molecule has 3 heterocycles. The van der Waals surface area contributed by atoms with Gasteiger partial charge in [0, 0.05) is 23.9 Å². The Kier molecular flexibility index (Phi) is 4.04. The molecule has 1 aromatic heterocycles. The van der Waals surface area contributed by atoms with E-state index in [-0.39, 0.29) is 17.6 Å². The molecule has 2 saturated heterocycles. The van der Waals surface area contributed by atoms with Crippen molar-refractivity contribution in [1.82, 2.24) is 4.90 Å². The SMILES string of the molecule is CN1C2CCC1C(COc1cccc(F)c1F)C(c1ccco1)C2. The molecule has 2 bridgehead atoms. The highest BCUT2D eigenvalue weighted by Gasteiger charge is 2.47. The molecule has 0 aliphatic carbocycles. The summed E-state index contributed by atoms with van der Waals surface area (Å²) >= 11 is 0. The molecule has 128 valence electrons. The average molecular weight is 333 g/mol. The first-order chi connectivity index (χ1) is 11.6. The Morgan fingerprint density at radius 2 is 2.08 bits per heavy atom. The zero-order valence-electron chi connectivity index (χ0n) is 13.6. The fourth-order valence-electron chi connectivity index (χ4n) is 4.42. The van der Waals surface area contributed by atoms with Gasteiger partial charge in [-0.05, 0) is 50.6 Å². The van der Waals surface area contributed by atoms with E-state index in [9.17, 15) is 8.78 Å². The molecule has 0 amide bonds. The Morgan fingerprint density at radius 1 is 1.21 bits per heavy atom. The number of rotatable bonds is 4. The topological polar surface area (TPSA) is 25.6 Å². The molecule has 0 radical (unpaired) electrons. The van der Waals surface area contributed by atoms with Crippen molar-refractivity contribution in [1.29, 1.82) is 0 Å². The van der Waals surface area contributed by atoms with Gasteiger partial charge in [0.2, 0.25) is 5.82 Å². The molecule has 0 N–H and O–H groups in total. The zero-order valence-corrected chi connectivity index (χ0v) is 13.6. The molecule has 2 aliphatic heterocycles. The van der Waals surface area contributed by atoms with Crippen LogP contribution in [-0.2, 0) is 0 Å². The number of ether oxygens (including phenoxy) is 1. The van der Waals surface area contributed by atoms with Crippen LogP contribution in [0.1, 0.15) is 30.9 Å². The van der Waals surface area contributed by atoms with Crippen LogP contribution >= 0.6 is 0 Å². The van der Waals surface area contributed by atoms with Gasteiger partial charge in [0.15, 0.2) is 11.6 Å².